The summed E-state index contributed by atoms with van der Waals surface area (Å²) in [6.07, 6.45) is 1.16. The lowest BCUT2D eigenvalue weighted by molar-refractivity contribution is 0.0699. The third-order valence-corrected chi connectivity index (χ3v) is 4.98. The van der Waals surface area contributed by atoms with E-state index in [-0.39, 0.29) is 37.3 Å². The van der Waals surface area contributed by atoms with Crippen molar-refractivity contribution < 1.29 is 18.3 Å². The molecule has 3 rings (SSSR count). The first-order chi connectivity index (χ1) is 10.2. The van der Waals surface area contributed by atoms with E-state index in [2.05, 4.69) is 9.97 Å². The van der Waals surface area contributed by atoms with Gasteiger partial charge in [0.2, 0.25) is 0 Å². The van der Waals surface area contributed by atoms with Gasteiger partial charge in [0, 0.05) is 27.7 Å². The number of benzene rings is 1. The van der Waals surface area contributed by atoms with E-state index in [9.17, 15) is 23.1 Å². The summed E-state index contributed by atoms with van der Waals surface area (Å²) < 4.78 is 23.1. The summed E-state index contributed by atoms with van der Waals surface area (Å²) in [4.78, 5) is 27.9. The quantitative estimate of drug-likeness (QED) is 0.605. The number of halogens is 2. The van der Waals surface area contributed by atoms with Crippen LogP contribution in [-0.4, -0.2) is 29.5 Å². The smallest absolute Gasteiger partial charge is 0.337 e. The van der Waals surface area contributed by atoms with Crippen LogP contribution in [0.15, 0.2) is 28.0 Å². The Morgan fingerprint density at radius 2 is 1.95 bits per heavy atom. The van der Waals surface area contributed by atoms with Gasteiger partial charge in [-0.3, -0.25) is 4.79 Å². The van der Waals surface area contributed by atoms with Crippen molar-refractivity contribution >= 4 is 59.1 Å². The van der Waals surface area contributed by atoms with Gasteiger partial charge in [0.1, 0.15) is 10.4 Å². The van der Waals surface area contributed by atoms with Crippen molar-refractivity contribution in [3.63, 3.8) is 0 Å². The number of pyridine rings is 1. The number of fused-ring (bicyclic) bond motifs is 3. The second kappa shape index (κ2) is 4.73. The van der Waals surface area contributed by atoms with Gasteiger partial charge in [-0.1, -0.05) is 11.6 Å². The molecule has 2 aromatic heterocycles. The number of aromatic nitrogens is 2. The van der Waals surface area contributed by atoms with Crippen molar-refractivity contribution in [1.29, 1.82) is 0 Å². The van der Waals surface area contributed by atoms with Gasteiger partial charge in [0.25, 0.3) is 14.6 Å². The van der Waals surface area contributed by atoms with Crippen molar-refractivity contribution in [3.05, 3.63) is 39.3 Å². The molecule has 0 bridgehead atoms. The highest BCUT2D eigenvalue weighted by molar-refractivity contribution is 8.13. The average molecular weight is 361 g/mol. The Balaban J connectivity index is 2.62. The maximum Gasteiger partial charge on any atom is 0.337 e. The number of nitrogens with one attached hydrogen (secondary N) is 2. The summed E-state index contributed by atoms with van der Waals surface area (Å²) in [5.41, 5.74) is -0.488. The number of carboxylic acid groups (broad SMARTS) is 1. The number of aromatic carboxylic acids is 1. The largest absolute Gasteiger partial charge is 0.478 e. The molecule has 0 radical (unpaired) electrons. The summed E-state index contributed by atoms with van der Waals surface area (Å²) >= 11 is 5.86. The average Bonchev–Trinajstić information content (AvgIpc) is 2.82. The Morgan fingerprint density at radius 1 is 1.27 bits per heavy atom. The molecule has 0 unspecified atom stereocenters. The van der Waals surface area contributed by atoms with Gasteiger partial charge in [0.15, 0.2) is 0 Å². The van der Waals surface area contributed by atoms with E-state index in [1.54, 1.807) is 0 Å². The van der Waals surface area contributed by atoms with Gasteiger partial charge in [-0.2, -0.15) is 0 Å². The molecule has 10 heteroatoms. The molecule has 7 nitrogen and oxygen atoms in total. The number of hydrogen-bond donors (Lipinski definition) is 3. The van der Waals surface area contributed by atoms with Crippen molar-refractivity contribution in [3.8, 4) is 0 Å². The van der Waals surface area contributed by atoms with Crippen LogP contribution in [0.2, 0.25) is 5.02 Å². The molecule has 0 atom stereocenters. The van der Waals surface area contributed by atoms with Crippen LogP contribution in [0.3, 0.4) is 0 Å². The highest BCUT2D eigenvalue weighted by Crippen LogP contribution is 2.32. The highest BCUT2D eigenvalue weighted by Gasteiger charge is 2.21. The SMILES string of the molecule is O=C(O)c1c[nH]c2c(=O)[nH]c3cc(Cl)c(S(=O)(=O)Cl)cc3c12. The van der Waals surface area contributed by atoms with E-state index in [0.717, 1.165) is 12.3 Å². The fourth-order valence-electron chi connectivity index (χ4n) is 2.29. The Kier molecular flexibility index (Phi) is 3.20. The lowest BCUT2D eigenvalue weighted by Gasteiger charge is -2.06. The predicted molar refractivity (Wildman–Crippen MR) is 81.4 cm³/mol. The van der Waals surface area contributed by atoms with Crippen LogP contribution in [0.1, 0.15) is 10.4 Å². The molecular weight excluding hydrogens is 355 g/mol. The minimum atomic E-state index is -4.13. The fraction of sp³-hybridized carbons (Fsp3) is 0. The van der Waals surface area contributed by atoms with Crippen molar-refractivity contribution in [2.24, 2.45) is 0 Å². The van der Waals surface area contributed by atoms with E-state index < -0.39 is 20.6 Å². The molecule has 1 aromatic carbocycles. The van der Waals surface area contributed by atoms with Gasteiger partial charge in [-0.25, -0.2) is 13.2 Å². The second-order valence-corrected chi connectivity index (χ2v) is 7.42. The lowest BCUT2D eigenvalue weighted by Crippen LogP contribution is -2.07. The van der Waals surface area contributed by atoms with Gasteiger partial charge in [-0.05, 0) is 12.1 Å². The molecule has 2 heterocycles. The maximum atomic E-state index is 12.0. The number of carbonyl (C=O) groups is 1. The van der Waals surface area contributed by atoms with Crippen LogP contribution >= 0.6 is 22.3 Å². The molecular formula is C12H6Cl2N2O5S. The number of rotatable bonds is 2. The minimum absolute atomic E-state index is 0.0187. The molecule has 3 N–H and O–H groups in total. The summed E-state index contributed by atoms with van der Waals surface area (Å²) in [6, 6.07) is 2.35. The molecule has 0 aliphatic heterocycles. The Labute approximate surface area is 131 Å². The van der Waals surface area contributed by atoms with E-state index in [1.807, 2.05) is 0 Å². The summed E-state index contributed by atoms with van der Waals surface area (Å²) in [5.74, 6) is -1.26. The maximum absolute atomic E-state index is 12.0. The Bertz CT molecular complexity index is 1110. The molecule has 0 amide bonds. The highest BCUT2D eigenvalue weighted by atomic mass is 35.7. The van der Waals surface area contributed by atoms with Crippen LogP contribution in [0, 0.1) is 0 Å². The first-order valence-corrected chi connectivity index (χ1v) is 8.43. The molecule has 0 saturated heterocycles. The monoisotopic (exact) mass is 360 g/mol. The number of carboxylic acids is 1. The summed E-state index contributed by atoms with van der Waals surface area (Å²) in [7, 11) is 1.19. The van der Waals surface area contributed by atoms with E-state index >= 15 is 0 Å². The van der Waals surface area contributed by atoms with Gasteiger partial charge in [0.05, 0.1) is 16.1 Å². The first-order valence-electron chi connectivity index (χ1n) is 5.74. The van der Waals surface area contributed by atoms with Gasteiger partial charge < -0.3 is 15.1 Å². The standard InChI is InChI=1S/C12H6Cl2N2O5S/c13-6-2-7-4(1-8(6)22(14,20)21)9-5(12(18)19)3-15-10(9)11(17)16-7/h1-3,15H,(H,16,17)(H,18,19). The van der Waals surface area contributed by atoms with Crippen molar-refractivity contribution in [2.45, 2.75) is 4.90 Å². The summed E-state index contributed by atoms with van der Waals surface area (Å²) in [6.45, 7) is 0. The summed E-state index contributed by atoms with van der Waals surface area (Å²) in [5, 5.41) is 9.32. The number of hydrogen-bond acceptors (Lipinski definition) is 4. The molecule has 114 valence electrons. The second-order valence-electron chi connectivity index (χ2n) is 4.48. The third-order valence-electron chi connectivity index (χ3n) is 3.19. The Hall–Kier alpha value is -2.03. The molecule has 0 fully saturated rings. The normalized spacial score (nSPS) is 12.1. The van der Waals surface area contributed by atoms with Crippen molar-refractivity contribution in [1.82, 2.24) is 9.97 Å². The lowest BCUT2D eigenvalue weighted by atomic mass is 10.1. The molecule has 0 aliphatic rings. The topological polar surface area (TPSA) is 120 Å². The molecule has 22 heavy (non-hydrogen) atoms. The van der Waals surface area contributed by atoms with Crippen LogP contribution in [0.4, 0.5) is 0 Å². The zero-order valence-electron chi connectivity index (χ0n) is 10.5. The minimum Gasteiger partial charge on any atom is -0.478 e. The number of aromatic amines is 2. The molecule has 0 spiro atoms. The number of H-pyrrole nitrogens is 2. The third kappa shape index (κ3) is 2.16. The molecule has 3 aromatic rings. The van der Waals surface area contributed by atoms with E-state index in [0.29, 0.717) is 0 Å². The Morgan fingerprint density at radius 3 is 2.55 bits per heavy atom. The zero-order chi connectivity index (χ0) is 16.2. The van der Waals surface area contributed by atoms with Crippen LogP contribution in [0.25, 0.3) is 21.8 Å². The van der Waals surface area contributed by atoms with Crippen LogP contribution in [0.5, 0.6) is 0 Å². The zero-order valence-corrected chi connectivity index (χ0v) is 12.8. The van der Waals surface area contributed by atoms with E-state index in [4.69, 9.17) is 22.3 Å². The van der Waals surface area contributed by atoms with Crippen LogP contribution < -0.4 is 5.56 Å². The molecule has 0 aliphatic carbocycles. The molecule has 0 saturated carbocycles. The van der Waals surface area contributed by atoms with Gasteiger partial charge >= 0.3 is 5.97 Å². The van der Waals surface area contributed by atoms with Gasteiger partial charge in [-0.15, -0.1) is 0 Å². The van der Waals surface area contributed by atoms with Crippen LogP contribution in [-0.2, 0) is 9.05 Å². The fourth-order valence-corrected chi connectivity index (χ4v) is 3.81. The predicted octanol–water partition coefficient (Wildman–Crippen LogP) is 2.29. The van der Waals surface area contributed by atoms with Crippen molar-refractivity contribution in [2.75, 3.05) is 0 Å². The first kappa shape index (κ1) is 14.9. The van der Waals surface area contributed by atoms with E-state index in [1.165, 1.54) is 6.07 Å².